The van der Waals surface area contributed by atoms with Gasteiger partial charge in [-0.3, -0.25) is 14.5 Å². The number of nitrogens with one attached hydrogen (secondary N) is 1. The van der Waals surface area contributed by atoms with E-state index in [4.69, 9.17) is 0 Å². The van der Waals surface area contributed by atoms with E-state index in [1.165, 1.54) is 12.8 Å². The van der Waals surface area contributed by atoms with Gasteiger partial charge in [-0.25, -0.2) is 0 Å². The number of ketones is 1. The van der Waals surface area contributed by atoms with Crippen LogP contribution < -0.4 is 5.32 Å². The van der Waals surface area contributed by atoms with Crippen molar-refractivity contribution in [1.29, 1.82) is 0 Å². The summed E-state index contributed by atoms with van der Waals surface area (Å²) in [7, 11) is 0. The summed E-state index contributed by atoms with van der Waals surface area (Å²) in [5.41, 5.74) is 0. The minimum absolute atomic E-state index is 0.0467. The molecule has 20 heavy (non-hydrogen) atoms. The van der Waals surface area contributed by atoms with Gasteiger partial charge >= 0.3 is 0 Å². The summed E-state index contributed by atoms with van der Waals surface area (Å²) in [6, 6.07) is 0.489. The van der Waals surface area contributed by atoms with Crippen LogP contribution in [0.15, 0.2) is 0 Å². The van der Waals surface area contributed by atoms with Crippen molar-refractivity contribution in [2.24, 2.45) is 11.8 Å². The van der Waals surface area contributed by atoms with E-state index in [0.29, 0.717) is 6.04 Å². The Labute approximate surface area is 122 Å². The third-order valence-corrected chi connectivity index (χ3v) is 5.04. The molecule has 1 N–H and O–H groups in total. The molecule has 1 aliphatic carbocycles. The molecule has 1 amide bonds. The van der Waals surface area contributed by atoms with Crippen molar-refractivity contribution in [3.8, 4) is 0 Å². The van der Waals surface area contributed by atoms with Crippen LogP contribution in [0.1, 0.15) is 52.4 Å². The maximum atomic E-state index is 12.4. The first kappa shape index (κ1) is 15.5. The number of hydrogen-bond donors (Lipinski definition) is 1. The Morgan fingerprint density at radius 1 is 1.10 bits per heavy atom. The molecular formula is C16H28N2O2. The minimum Gasteiger partial charge on any atom is -0.354 e. The fourth-order valence-electron chi connectivity index (χ4n) is 3.82. The highest BCUT2D eigenvalue weighted by Crippen LogP contribution is 2.31. The molecule has 3 atom stereocenters. The van der Waals surface area contributed by atoms with E-state index < -0.39 is 0 Å². The lowest BCUT2D eigenvalue weighted by molar-refractivity contribution is -0.134. The summed E-state index contributed by atoms with van der Waals surface area (Å²) < 4.78 is 0. The van der Waals surface area contributed by atoms with Gasteiger partial charge in [0.05, 0.1) is 0 Å². The smallest absolute Gasteiger partial charge is 0.223 e. The third-order valence-electron chi connectivity index (χ3n) is 5.04. The predicted octanol–water partition coefficient (Wildman–Crippen LogP) is 1.98. The molecule has 2 rings (SSSR count). The first-order valence-corrected chi connectivity index (χ1v) is 8.15. The topological polar surface area (TPSA) is 49.4 Å². The molecule has 0 radical (unpaired) electrons. The Morgan fingerprint density at radius 3 is 2.45 bits per heavy atom. The van der Waals surface area contributed by atoms with Crippen molar-refractivity contribution in [3.63, 3.8) is 0 Å². The average Bonchev–Trinajstić information content (AvgIpc) is 2.92. The molecule has 0 aromatic heterocycles. The van der Waals surface area contributed by atoms with E-state index in [9.17, 15) is 9.59 Å². The standard InChI is InChI=1S/C16H28N2O2/c1-3-18-10-6-7-13(18)11-17-16(20)15-9-5-4-8-14(15)12(2)19/h13-15H,3-11H2,1-2H3,(H,17,20). The number of nitrogens with zero attached hydrogens (tertiary/aromatic N) is 1. The van der Waals surface area contributed by atoms with Gasteiger partial charge < -0.3 is 5.32 Å². The van der Waals surface area contributed by atoms with Crippen LogP contribution in [0.3, 0.4) is 0 Å². The molecule has 0 aromatic carbocycles. The van der Waals surface area contributed by atoms with E-state index in [-0.39, 0.29) is 23.5 Å². The van der Waals surface area contributed by atoms with Crippen molar-refractivity contribution < 1.29 is 9.59 Å². The highest BCUT2D eigenvalue weighted by Gasteiger charge is 2.34. The number of amides is 1. The number of hydrogen-bond acceptors (Lipinski definition) is 3. The molecule has 0 aromatic rings. The molecule has 3 unspecified atom stereocenters. The van der Waals surface area contributed by atoms with Crippen molar-refractivity contribution in [3.05, 3.63) is 0 Å². The maximum Gasteiger partial charge on any atom is 0.223 e. The van der Waals surface area contributed by atoms with Gasteiger partial charge in [0.15, 0.2) is 0 Å². The molecule has 4 heteroatoms. The van der Waals surface area contributed by atoms with Crippen LogP contribution in [0, 0.1) is 11.8 Å². The average molecular weight is 280 g/mol. The zero-order valence-corrected chi connectivity index (χ0v) is 12.9. The highest BCUT2D eigenvalue weighted by molar-refractivity contribution is 5.87. The second-order valence-corrected chi connectivity index (χ2v) is 6.28. The van der Waals surface area contributed by atoms with Gasteiger partial charge in [0.2, 0.25) is 5.91 Å². The molecule has 1 aliphatic heterocycles. The van der Waals surface area contributed by atoms with Crippen LogP contribution in [0.5, 0.6) is 0 Å². The van der Waals surface area contributed by atoms with E-state index in [1.807, 2.05) is 0 Å². The summed E-state index contributed by atoms with van der Waals surface area (Å²) in [6.45, 7) is 6.75. The first-order chi connectivity index (χ1) is 9.63. The summed E-state index contributed by atoms with van der Waals surface area (Å²) in [6.07, 6.45) is 6.33. The van der Waals surface area contributed by atoms with Gasteiger partial charge in [0.25, 0.3) is 0 Å². The van der Waals surface area contributed by atoms with Crippen LogP contribution in [0.2, 0.25) is 0 Å². The quantitative estimate of drug-likeness (QED) is 0.838. The number of carbonyl (C=O) groups is 2. The van der Waals surface area contributed by atoms with Crippen LogP contribution in [-0.4, -0.2) is 42.3 Å². The summed E-state index contributed by atoms with van der Waals surface area (Å²) in [5, 5.41) is 3.11. The third kappa shape index (κ3) is 3.60. The number of carbonyl (C=O) groups excluding carboxylic acids is 2. The summed E-state index contributed by atoms with van der Waals surface area (Å²) in [4.78, 5) is 26.5. The van der Waals surface area contributed by atoms with Crippen molar-refractivity contribution >= 4 is 11.7 Å². The maximum absolute atomic E-state index is 12.4. The van der Waals surface area contributed by atoms with Gasteiger partial charge in [-0.05, 0) is 45.7 Å². The summed E-state index contributed by atoms with van der Waals surface area (Å²) >= 11 is 0. The Kier molecular flexibility index (Phi) is 5.58. The monoisotopic (exact) mass is 280 g/mol. The fourth-order valence-corrected chi connectivity index (χ4v) is 3.82. The predicted molar refractivity (Wildman–Crippen MR) is 79.4 cm³/mol. The van der Waals surface area contributed by atoms with E-state index >= 15 is 0 Å². The van der Waals surface area contributed by atoms with Gasteiger partial charge in [-0.2, -0.15) is 0 Å². The normalized spacial score (nSPS) is 31.2. The number of Topliss-reactive ketones (excluding diaryl/α,β-unsaturated/α-hetero) is 1. The molecule has 2 aliphatic rings. The van der Waals surface area contributed by atoms with E-state index in [1.54, 1.807) is 6.92 Å². The van der Waals surface area contributed by atoms with Crippen LogP contribution in [0.25, 0.3) is 0 Å². The molecule has 1 saturated heterocycles. The molecule has 4 nitrogen and oxygen atoms in total. The van der Waals surface area contributed by atoms with Crippen LogP contribution in [-0.2, 0) is 9.59 Å². The molecule has 1 saturated carbocycles. The second kappa shape index (κ2) is 7.21. The number of likely N-dealkylation sites (tertiary alicyclic amines) is 1. The van der Waals surface area contributed by atoms with E-state index in [0.717, 1.165) is 45.3 Å². The Bertz CT molecular complexity index is 356. The summed E-state index contributed by atoms with van der Waals surface area (Å²) in [5.74, 6) is 0.154. The van der Waals surface area contributed by atoms with Crippen molar-refractivity contribution in [2.75, 3.05) is 19.6 Å². The van der Waals surface area contributed by atoms with Crippen LogP contribution >= 0.6 is 0 Å². The lowest BCUT2D eigenvalue weighted by Crippen LogP contribution is -2.44. The molecule has 0 spiro atoms. The number of likely N-dealkylation sites (N-methyl/N-ethyl adjacent to an activating group) is 1. The lowest BCUT2D eigenvalue weighted by Gasteiger charge is -2.30. The zero-order valence-electron chi connectivity index (χ0n) is 12.9. The van der Waals surface area contributed by atoms with Gasteiger partial charge in [-0.1, -0.05) is 19.8 Å². The van der Waals surface area contributed by atoms with Crippen molar-refractivity contribution in [2.45, 2.75) is 58.4 Å². The Hall–Kier alpha value is -0.900. The molecule has 2 fully saturated rings. The van der Waals surface area contributed by atoms with E-state index in [2.05, 4.69) is 17.1 Å². The lowest BCUT2D eigenvalue weighted by atomic mass is 9.77. The van der Waals surface area contributed by atoms with Gasteiger partial charge in [0, 0.05) is 24.4 Å². The minimum atomic E-state index is -0.0854. The van der Waals surface area contributed by atoms with Gasteiger partial charge in [-0.15, -0.1) is 0 Å². The first-order valence-electron chi connectivity index (χ1n) is 8.15. The van der Waals surface area contributed by atoms with Gasteiger partial charge in [0.1, 0.15) is 5.78 Å². The molecule has 114 valence electrons. The highest BCUT2D eigenvalue weighted by atomic mass is 16.2. The SMILES string of the molecule is CCN1CCCC1CNC(=O)C1CCCCC1C(C)=O. The largest absolute Gasteiger partial charge is 0.354 e. The van der Waals surface area contributed by atoms with Crippen LogP contribution in [0.4, 0.5) is 0 Å². The number of rotatable bonds is 5. The molecule has 1 heterocycles. The molecular weight excluding hydrogens is 252 g/mol. The Morgan fingerprint density at radius 2 is 1.80 bits per heavy atom. The zero-order chi connectivity index (χ0) is 14.5. The Balaban J connectivity index is 1.85. The second-order valence-electron chi connectivity index (χ2n) is 6.28. The van der Waals surface area contributed by atoms with Crippen molar-refractivity contribution in [1.82, 2.24) is 10.2 Å². The fraction of sp³-hybridized carbons (Fsp3) is 0.875. The molecule has 0 bridgehead atoms.